The van der Waals surface area contributed by atoms with E-state index in [-0.39, 0.29) is 0 Å². The summed E-state index contributed by atoms with van der Waals surface area (Å²) in [5.41, 5.74) is 1.78. The molecule has 0 amide bonds. The van der Waals surface area contributed by atoms with Crippen LogP contribution < -0.4 is 0 Å². The van der Waals surface area contributed by atoms with Crippen LogP contribution in [0.25, 0.3) is 12.2 Å². The Hall–Kier alpha value is -2.22. The van der Waals surface area contributed by atoms with Gasteiger partial charge in [-0.05, 0) is 23.3 Å². The highest BCUT2D eigenvalue weighted by Crippen LogP contribution is 2.00. The summed E-state index contributed by atoms with van der Waals surface area (Å²) in [4.78, 5) is 0. The van der Waals surface area contributed by atoms with Gasteiger partial charge in [0, 0.05) is 0 Å². The van der Waals surface area contributed by atoms with E-state index in [9.17, 15) is 8.78 Å². The molecule has 92 valence electrons. The van der Waals surface area contributed by atoms with E-state index in [0.29, 0.717) is 12.7 Å². The first-order valence-electron chi connectivity index (χ1n) is 5.50. The van der Waals surface area contributed by atoms with Gasteiger partial charge in [-0.2, -0.15) is 0 Å². The fourth-order valence-corrected chi connectivity index (χ4v) is 1.27. The summed E-state index contributed by atoms with van der Waals surface area (Å²) in [6.07, 6.45) is 3.91. The van der Waals surface area contributed by atoms with Gasteiger partial charge in [-0.25, -0.2) is 8.78 Å². The van der Waals surface area contributed by atoms with Gasteiger partial charge in [0.15, 0.2) is 0 Å². The Bertz CT molecular complexity index is 425. The minimum Gasteiger partial charge on any atom is -0.216 e. The van der Waals surface area contributed by atoms with Crippen LogP contribution in [0.2, 0.25) is 0 Å². The Morgan fingerprint density at radius 3 is 1.17 bits per heavy atom. The van der Waals surface area contributed by atoms with E-state index in [0.717, 1.165) is 11.1 Å². The van der Waals surface area contributed by atoms with Gasteiger partial charge in [0.25, 0.3) is 0 Å². The summed E-state index contributed by atoms with van der Waals surface area (Å²) in [5, 5.41) is 0. The van der Waals surface area contributed by atoms with Crippen LogP contribution in [0, 0.1) is 0 Å². The van der Waals surface area contributed by atoms with Crippen LogP contribution in [0.1, 0.15) is 11.1 Å². The summed E-state index contributed by atoms with van der Waals surface area (Å²) in [7, 11) is 0. The van der Waals surface area contributed by atoms with Crippen molar-refractivity contribution in [2.75, 3.05) is 0 Å². The van der Waals surface area contributed by atoms with Crippen molar-refractivity contribution in [2.45, 2.75) is 0 Å². The van der Waals surface area contributed by atoms with Crippen LogP contribution in [0.5, 0.6) is 0 Å². The molecule has 0 saturated carbocycles. The molecule has 0 fully saturated rings. The molecule has 0 atom stereocenters. The maximum atomic E-state index is 11.5. The maximum Gasteiger partial charge on any atom is 0.0872 e. The minimum absolute atomic E-state index is 0.537. The van der Waals surface area contributed by atoms with Crippen molar-refractivity contribution in [3.8, 4) is 0 Å². The van der Waals surface area contributed by atoms with E-state index < -0.39 is 0 Å². The smallest absolute Gasteiger partial charge is 0.0872 e. The van der Waals surface area contributed by atoms with Crippen LogP contribution >= 0.6 is 0 Å². The lowest BCUT2D eigenvalue weighted by Crippen LogP contribution is -1.65. The zero-order valence-electron chi connectivity index (χ0n) is 9.84. The molecule has 0 bridgehead atoms. The van der Waals surface area contributed by atoms with Gasteiger partial charge in [-0.1, -0.05) is 60.7 Å². The SMILES string of the molecule is FC=Cc1ccccc1.FC=Cc1ccccc1. The fourth-order valence-electron chi connectivity index (χ4n) is 1.27. The first kappa shape index (κ1) is 13.8. The van der Waals surface area contributed by atoms with Gasteiger partial charge in [-0.3, -0.25) is 0 Å². The van der Waals surface area contributed by atoms with E-state index in [1.807, 2.05) is 60.7 Å². The van der Waals surface area contributed by atoms with Crippen molar-refractivity contribution in [1.82, 2.24) is 0 Å². The first-order chi connectivity index (χ1) is 8.86. The van der Waals surface area contributed by atoms with Crippen LogP contribution in [-0.2, 0) is 0 Å². The van der Waals surface area contributed by atoms with Gasteiger partial charge in [0.05, 0.1) is 12.7 Å². The topological polar surface area (TPSA) is 0 Å². The molecule has 0 heterocycles. The molecule has 0 saturated heterocycles. The third kappa shape index (κ3) is 5.75. The Morgan fingerprint density at radius 2 is 0.889 bits per heavy atom. The van der Waals surface area contributed by atoms with Crippen molar-refractivity contribution < 1.29 is 8.78 Å². The molecule has 0 aliphatic heterocycles. The van der Waals surface area contributed by atoms with E-state index in [2.05, 4.69) is 0 Å². The summed E-state index contributed by atoms with van der Waals surface area (Å²) in [6.45, 7) is 0. The first-order valence-corrected chi connectivity index (χ1v) is 5.50. The molecule has 0 aliphatic rings. The van der Waals surface area contributed by atoms with Crippen molar-refractivity contribution in [1.29, 1.82) is 0 Å². The number of halogens is 2. The van der Waals surface area contributed by atoms with Crippen LogP contribution in [0.3, 0.4) is 0 Å². The molecule has 0 aliphatic carbocycles. The number of benzene rings is 2. The molecule has 18 heavy (non-hydrogen) atoms. The lowest BCUT2D eigenvalue weighted by Gasteiger charge is -1.85. The predicted molar refractivity (Wildman–Crippen MR) is 73.2 cm³/mol. The molecule has 0 radical (unpaired) electrons. The monoisotopic (exact) mass is 244 g/mol. The summed E-state index contributed by atoms with van der Waals surface area (Å²) in [5.74, 6) is 0. The lowest BCUT2D eigenvalue weighted by atomic mass is 10.2. The fraction of sp³-hybridized carbons (Fsp3) is 0. The van der Waals surface area contributed by atoms with Crippen LogP contribution in [-0.4, -0.2) is 0 Å². The van der Waals surface area contributed by atoms with Crippen LogP contribution in [0.4, 0.5) is 8.78 Å². The van der Waals surface area contributed by atoms with Crippen molar-refractivity contribution in [3.05, 3.63) is 84.5 Å². The minimum atomic E-state index is 0.537. The summed E-state index contributed by atoms with van der Waals surface area (Å²) in [6, 6.07) is 18.7. The molecule has 0 spiro atoms. The maximum absolute atomic E-state index is 11.5. The standard InChI is InChI=1S/2C8H7F/c2*9-7-6-8-4-2-1-3-5-8/h2*1-7H. The summed E-state index contributed by atoms with van der Waals surface area (Å²) >= 11 is 0. The largest absolute Gasteiger partial charge is 0.216 e. The number of hydrogen-bond acceptors (Lipinski definition) is 0. The highest BCUT2D eigenvalue weighted by molar-refractivity contribution is 5.47. The normalized spacial score (nSPS) is 10.3. The second-order valence-electron chi connectivity index (χ2n) is 3.41. The number of rotatable bonds is 2. The zero-order valence-corrected chi connectivity index (χ0v) is 9.84. The van der Waals surface area contributed by atoms with Gasteiger partial charge in [0.2, 0.25) is 0 Å². The second kappa shape index (κ2) is 8.88. The average Bonchev–Trinajstić information content (AvgIpc) is 2.43. The molecule has 2 heteroatoms. The zero-order chi connectivity index (χ0) is 13.1. The lowest BCUT2D eigenvalue weighted by molar-refractivity contribution is 0.727. The van der Waals surface area contributed by atoms with Crippen molar-refractivity contribution >= 4 is 12.2 Å². The van der Waals surface area contributed by atoms with E-state index in [1.54, 1.807) is 0 Å². The Morgan fingerprint density at radius 1 is 0.556 bits per heavy atom. The Labute approximate surface area is 106 Å². The van der Waals surface area contributed by atoms with Crippen molar-refractivity contribution in [2.24, 2.45) is 0 Å². The molecular formula is C16H14F2. The van der Waals surface area contributed by atoms with Crippen LogP contribution in [0.15, 0.2) is 73.3 Å². The molecule has 0 aromatic heterocycles. The average molecular weight is 244 g/mol. The quantitative estimate of drug-likeness (QED) is 0.676. The second-order valence-corrected chi connectivity index (χ2v) is 3.41. The third-order valence-corrected chi connectivity index (χ3v) is 2.11. The molecule has 2 aromatic rings. The van der Waals surface area contributed by atoms with E-state index in [1.165, 1.54) is 12.2 Å². The molecule has 0 unspecified atom stereocenters. The van der Waals surface area contributed by atoms with Gasteiger partial charge >= 0.3 is 0 Å². The predicted octanol–water partition coefficient (Wildman–Crippen LogP) is 5.25. The highest BCUT2D eigenvalue weighted by Gasteiger charge is 1.79. The highest BCUT2D eigenvalue weighted by atomic mass is 19.1. The molecule has 2 rings (SSSR count). The third-order valence-electron chi connectivity index (χ3n) is 2.11. The molecule has 0 N–H and O–H groups in total. The van der Waals surface area contributed by atoms with Crippen molar-refractivity contribution in [3.63, 3.8) is 0 Å². The van der Waals surface area contributed by atoms with E-state index in [4.69, 9.17) is 0 Å². The summed E-state index contributed by atoms with van der Waals surface area (Å²) < 4.78 is 23.0. The molecule has 0 nitrogen and oxygen atoms in total. The Kier molecular flexibility index (Phi) is 6.83. The molecular weight excluding hydrogens is 230 g/mol. The molecule has 2 aromatic carbocycles. The van der Waals surface area contributed by atoms with E-state index >= 15 is 0 Å². The Balaban J connectivity index is 0.000000180. The van der Waals surface area contributed by atoms with Gasteiger partial charge < -0.3 is 0 Å². The number of hydrogen-bond donors (Lipinski definition) is 0. The van der Waals surface area contributed by atoms with Gasteiger partial charge in [0.1, 0.15) is 0 Å². The van der Waals surface area contributed by atoms with Gasteiger partial charge in [-0.15, -0.1) is 0 Å².